The van der Waals surface area contributed by atoms with Crippen molar-refractivity contribution < 1.29 is 9.90 Å². The highest BCUT2D eigenvalue weighted by Crippen LogP contribution is 2.21. The fraction of sp³-hybridized carbons (Fsp3) is 0.467. The van der Waals surface area contributed by atoms with Crippen LogP contribution in [0.15, 0.2) is 24.5 Å². The van der Waals surface area contributed by atoms with Gasteiger partial charge in [0, 0.05) is 13.1 Å². The van der Waals surface area contributed by atoms with Crippen molar-refractivity contribution in [3.63, 3.8) is 0 Å². The van der Waals surface area contributed by atoms with Crippen LogP contribution in [-0.4, -0.2) is 45.2 Å². The van der Waals surface area contributed by atoms with E-state index in [-0.39, 0.29) is 0 Å². The second-order valence-electron chi connectivity index (χ2n) is 5.45. The summed E-state index contributed by atoms with van der Waals surface area (Å²) in [7, 11) is 0. The van der Waals surface area contributed by atoms with Gasteiger partial charge >= 0.3 is 5.97 Å². The molecule has 1 unspecified atom stereocenters. The molecule has 5 nitrogen and oxygen atoms in total. The SMILES string of the molecule is CCN1CCC(Cn2cnc3cc(C(=O)O)ccc32)C1. The summed E-state index contributed by atoms with van der Waals surface area (Å²) in [5.41, 5.74) is 2.07. The Kier molecular flexibility index (Phi) is 3.44. The fourth-order valence-electron chi connectivity index (χ4n) is 2.97. The Balaban J connectivity index is 1.81. The van der Waals surface area contributed by atoms with Gasteiger partial charge in [0.25, 0.3) is 0 Å². The number of imidazole rings is 1. The number of hydrogen-bond acceptors (Lipinski definition) is 3. The van der Waals surface area contributed by atoms with Crippen molar-refractivity contribution in [2.75, 3.05) is 19.6 Å². The van der Waals surface area contributed by atoms with E-state index in [1.54, 1.807) is 12.1 Å². The molecule has 1 N–H and O–H groups in total. The molecule has 1 aliphatic rings. The molecule has 2 heterocycles. The lowest BCUT2D eigenvalue weighted by Gasteiger charge is -2.14. The molecular formula is C15H19N3O2. The summed E-state index contributed by atoms with van der Waals surface area (Å²) in [4.78, 5) is 17.8. The smallest absolute Gasteiger partial charge is 0.335 e. The summed E-state index contributed by atoms with van der Waals surface area (Å²) in [6, 6.07) is 5.15. The first-order valence-corrected chi connectivity index (χ1v) is 7.08. The van der Waals surface area contributed by atoms with Crippen molar-refractivity contribution in [1.29, 1.82) is 0 Å². The average molecular weight is 273 g/mol. The maximum atomic E-state index is 11.0. The number of fused-ring (bicyclic) bond motifs is 1. The van der Waals surface area contributed by atoms with Crippen molar-refractivity contribution in [2.24, 2.45) is 5.92 Å². The molecule has 20 heavy (non-hydrogen) atoms. The number of aromatic carboxylic acids is 1. The lowest BCUT2D eigenvalue weighted by atomic mass is 10.1. The van der Waals surface area contributed by atoms with Crippen LogP contribution in [0.5, 0.6) is 0 Å². The number of hydrogen-bond donors (Lipinski definition) is 1. The molecule has 106 valence electrons. The van der Waals surface area contributed by atoms with Crippen molar-refractivity contribution in [3.8, 4) is 0 Å². The van der Waals surface area contributed by atoms with Gasteiger partial charge in [0.15, 0.2) is 0 Å². The van der Waals surface area contributed by atoms with Gasteiger partial charge in [0.2, 0.25) is 0 Å². The molecule has 1 saturated heterocycles. The predicted octanol–water partition coefficient (Wildman–Crippen LogP) is 2.08. The normalized spacial score (nSPS) is 19.8. The first-order valence-electron chi connectivity index (χ1n) is 7.08. The monoisotopic (exact) mass is 273 g/mol. The Morgan fingerprint density at radius 2 is 2.35 bits per heavy atom. The number of benzene rings is 1. The van der Waals surface area contributed by atoms with Crippen molar-refractivity contribution in [3.05, 3.63) is 30.1 Å². The van der Waals surface area contributed by atoms with Gasteiger partial charge in [0.1, 0.15) is 0 Å². The minimum atomic E-state index is -0.907. The third kappa shape index (κ3) is 2.41. The van der Waals surface area contributed by atoms with E-state index < -0.39 is 5.97 Å². The molecule has 0 saturated carbocycles. The summed E-state index contributed by atoms with van der Waals surface area (Å²) in [6.45, 7) is 6.59. The standard InChI is InChI=1S/C15H19N3O2/c1-2-17-6-5-11(8-17)9-18-10-16-13-7-12(15(19)20)3-4-14(13)18/h3-4,7,10-11H,2,5-6,8-9H2,1H3,(H,19,20). The molecule has 0 amide bonds. The van der Waals surface area contributed by atoms with E-state index in [0.717, 1.165) is 30.7 Å². The molecule has 0 bridgehead atoms. The Bertz CT molecular complexity index is 635. The van der Waals surface area contributed by atoms with Crippen LogP contribution in [0, 0.1) is 5.92 Å². The Hall–Kier alpha value is -1.88. The van der Waals surface area contributed by atoms with Gasteiger partial charge in [-0.3, -0.25) is 0 Å². The molecule has 0 aliphatic carbocycles. The molecular weight excluding hydrogens is 254 g/mol. The fourth-order valence-corrected chi connectivity index (χ4v) is 2.97. The highest BCUT2D eigenvalue weighted by atomic mass is 16.4. The first kappa shape index (κ1) is 13.1. The van der Waals surface area contributed by atoms with E-state index in [0.29, 0.717) is 11.5 Å². The Morgan fingerprint density at radius 3 is 3.05 bits per heavy atom. The van der Waals surface area contributed by atoms with E-state index >= 15 is 0 Å². The average Bonchev–Trinajstić information content (AvgIpc) is 3.06. The zero-order valence-corrected chi connectivity index (χ0v) is 11.6. The maximum Gasteiger partial charge on any atom is 0.335 e. The zero-order valence-electron chi connectivity index (χ0n) is 11.6. The topological polar surface area (TPSA) is 58.4 Å². The molecule has 3 rings (SSSR count). The number of aromatic nitrogens is 2. The third-order valence-corrected chi connectivity index (χ3v) is 4.14. The summed E-state index contributed by atoms with van der Waals surface area (Å²) in [5, 5.41) is 9.00. The van der Waals surface area contributed by atoms with Crippen LogP contribution in [-0.2, 0) is 6.54 Å². The second-order valence-corrected chi connectivity index (χ2v) is 5.45. The van der Waals surface area contributed by atoms with Gasteiger partial charge in [-0.15, -0.1) is 0 Å². The van der Waals surface area contributed by atoms with Crippen LogP contribution in [0.2, 0.25) is 0 Å². The first-order chi connectivity index (χ1) is 9.67. The highest BCUT2D eigenvalue weighted by molar-refractivity contribution is 5.92. The molecule has 1 fully saturated rings. The van der Waals surface area contributed by atoms with Crippen LogP contribution in [0.25, 0.3) is 11.0 Å². The Labute approximate surface area is 117 Å². The van der Waals surface area contributed by atoms with E-state index in [9.17, 15) is 4.79 Å². The lowest BCUT2D eigenvalue weighted by Crippen LogP contribution is -2.21. The second kappa shape index (κ2) is 5.25. The summed E-state index contributed by atoms with van der Waals surface area (Å²) >= 11 is 0. The molecule has 2 aromatic rings. The maximum absolute atomic E-state index is 11.0. The number of likely N-dealkylation sites (tertiary alicyclic amines) is 1. The van der Waals surface area contributed by atoms with Gasteiger partial charge in [-0.2, -0.15) is 0 Å². The van der Waals surface area contributed by atoms with Crippen LogP contribution < -0.4 is 0 Å². The van der Waals surface area contributed by atoms with Crippen molar-refractivity contribution >= 4 is 17.0 Å². The van der Waals surface area contributed by atoms with Crippen LogP contribution >= 0.6 is 0 Å². The lowest BCUT2D eigenvalue weighted by molar-refractivity contribution is 0.0697. The number of carboxylic acid groups (broad SMARTS) is 1. The minimum absolute atomic E-state index is 0.292. The molecule has 1 atom stereocenters. The Morgan fingerprint density at radius 1 is 1.50 bits per heavy atom. The molecule has 1 aromatic heterocycles. The van der Waals surface area contributed by atoms with Crippen LogP contribution in [0.4, 0.5) is 0 Å². The molecule has 0 radical (unpaired) electrons. The van der Waals surface area contributed by atoms with Gasteiger partial charge in [-0.25, -0.2) is 9.78 Å². The van der Waals surface area contributed by atoms with Gasteiger partial charge < -0.3 is 14.6 Å². The molecule has 1 aliphatic heterocycles. The van der Waals surface area contributed by atoms with Gasteiger partial charge in [0.05, 0.1) is 22.9 Å². The minimum Gasteiger partial charge on any atom is -0.478 e. The largest absolute Gasteiger partial charge is 0.478 e. The zero-order chi connectivity index (χ0) is 14.1. The number of rotatable bonds is 4. The summed E-state index contributed by atoms with van der Waals surface area (Å²) in [5.74, 6) is -0.248. The van der Waals surface area contributed by atoms with Crippen molar-refractivity contribution in [1.82, 2.24) is 14.5 Å². The number of nitrogens with zero attached hydrogens (tertiary/aromatic N) is 3. The van der Waals surface area contributed by atoms with Gasteiger partial charge in [-0.1, -0.05) is 6.92 Å². The highest BCUT2D eigenvalue weighted by Gasteiger charge is 2.22. The predicted molar refractivity (Wildman–Crippen MR) is 76.9 cm³/mol. The number of carboxylic acids is 1. The van der Waals surface area contributed by atoms with Gasteiger partial charge in [-0.05, 0) is 43.6 Å². The molecule has 1 aromatic carbocycles. The number of carbonyl (C=O) groups is 1. The molecule has 5 heteroatoms. The van der Waals surface area contributed by atoms with E-state index in [1.165, 1.54) is 13.0 Å². The van der Waals surface area contributed by atoms with Crippen molar-refractivity contribution in [2.45, 2.75) is 19.9 Å². The summed E-state index contributed by atoms with van der Waals surface area (Å²) < 4.78 is 2.14. The van der Waals surface area contributed by atoms with E-state index in [4.69, 9.17) is 5.11 Å². The van der Waals surface area contributed by atoms with E-state index in [2.05, 4.69) is 21.4 Å². The van der Waals surface area contributed by atoms with Crippen LogP contribution in [0.1, 0.15) is 23.7 Å². The van der Waals surface area contributed by atoms with Crippen LogP contribution in [0.3, 0.4) is 0 Å². The third-order valence-electron chi connectivity index (χ3n) is 4.14. The van der Waals surface area contributed by atoms with E-state index in [1.807, 2.05) is 12.4 Å². The molecule has 0 spiro atoms. The quantitative estimate of drug-likeness (QED) is 0.926. The summed E-state index contributed by atoms with van der Waals surface area (Å²) in [6.07, 6.45) is 3.05.